The Balaban J connectivity index is 1.82. The Morgan fingerprint density at radius 1 is 1.10 bits per heavy atom. The number of benzene rings is 2. The van der Waals surface area contributed by atoms with E-state index in [1.54, 1.807) is 0 Å². The Morgan fingerprint density at radius 2 is 1.83 bits per heavy atom. The predicted octanol–water partition coefficient (Wildman–Crippen LogP) is 3.84. The van der Waals surface area contributed by atoms with Crippen molar-refractivity contribution in [2.45, 2.75) is 26.4 Å². The molecule has 0 bridgehead atoms. The van der Waals surface area contributed by atoms with Gasteiger partial charge in [-0.2, -0.15) is 0 Å². The van der Waals surface area contributed by atoms with E-state index in [0.29, 0.717) is 17.2 Å². The highest BCUT2D eigenvalue weighted by atomic mass is 32.1. The molecule has 30 heavy (non-hydrogen) atoms. The summed E-state index contributed by atoms with van der Waals surface area (Å²) in [6.07, 6.45) is 0. The molecule has 0 aliphatic rings. The van der Waals surface area contributed by atoms with Crippen LogP contribution in [0, 0.1) is 6.92 Å². The van der Waals surface area contributed by atoms with Crippen molar-refractivity contribution in [3.8, 4) is 0 Å². The molecular formula is C24H30N4OS. The minimum Gasteiger partial charge on any atom is -0.356 e. The lowest BCUT2D eigenvalue weighted by Crippen LogP contribution is -2.44. The van der Waals surface area contributed by atoms with Crippen molar-refractivity contribution in [2.24, 2.45) is 0 Å². The van der Waals surface area contributed by atoms with E-state index >= 15 is 0 Å². The Kier molecular flexibility index (Phi) is 7.24. The van der Waals surface area contributed by atoms with Crippen LogP contribution in [0.15, 0.2) is 59.4 Å². The molecule has 0 aliphatic heterocycles. The van der Waals surface area contributed by atoms with Crippen molar-refractivity contribution in [1.82, 2.24) is 20.1 Å². The van der Waals surface area contributed by atoms with Gasteiger partial charge in [-0.1, -0.05) is 42.5 Å². The maximum atomic E-state index is 12.7. The highest BCUT2D eigenvalue weighted by molar-refractivity contribution is 7.80. The summed E-state index contributed by atoms with van der Waals surface area (Å²) in [7, 11) is 4.07. The molecule has 158 valence electrons. The predicted molar refractivity (Wildman–Crippen MR) is 129 cm³/mol. The number of aromatic amines is 1. The smallest absolute Gasteiger partial charge is 0.253 e. The minimum atomic E-state index is -0.0677. The fourth-order valence-electron chi connectivity index (χ4n) is 3.36. The van der Waals surface area contributed by atoms with E-state index in [1.807, 2.05) is 57.4 Å². The highest BCUT2D eigenvalue weighted by Gasteiger charge is 2.16. The van der Waals surface area contributed by atoms with Gasteiger partial charge in [0.15, 0.2) is 5.11 Å². The molecule has 1 heterocycles. The van der Waals surface area contributed by atoms with Crippen molar-refractivity contribution in [2.75, 3.05) is 27.2 Å². The van der Waals surface area contributed by atoms with Crippen LogP contribution in [0.25, 0.3) is 10.9 Å². The summed E-state index contributed by atoms with van der Waals surface area (Å²) in [4.78, 5) is 19.9. The van der Waals surface area contributed by atoms with Crippen LogP contribution in [-0.4, -0.2) is 47.1 Å². The van der Waals surface area contributed by atoms with Crippen LogP contribution in [0.2, 0.25) is 0 Å². The quantitative estimate of drug-likeness (QED) is 0.567. The molecule has 2 N–H and O–H groups in total. The average molecular weight is 423 g/mol. The van der Waals surface area contributed by atoms with Gasteiger partial charge < -0.3 is 20.1 Å². The van der Waals surface area contributed by atoms with Crippen LogP contribution >= 0.6 is 12.2 Å². The summed E-state index contributed by atoms with van der Waals surface area (Å²) in [6.45, 7) is 6.14. The van der Waals surface area contributed by atoms with Gasteiger partial charge >= 0.3 is 0 Å². The SMILES string of the molecule is Cc1ccc2cc(CN(CCN(C)C)C(=S)N[C@@H](C)c3ccccc3)c(=O)[nH]c2c1. The molecule has 5 nitrogen and oxygen atoms in total. The third-order valence-electron chi connectivity index (χ3n) is 5.18. The molecular weight excluding hydrogens is 392 g/mol. The number of pyridine rings is 1. The van der Waals surface area contributed by atoms with Crippen LogP contribution in [0.4, 0.5) is 0 Å². The fourth-order valence-corrected chi connectivity index (χ4v) is 3.69. The Bertz CT molecular complexity index is 1060. The number of thiocarbonyl (C=S) groups is 1. The summed E-state index contributed by atoms with van der Waals surface area (Å²) in [6, 6.07) is 18.4. The number of likely N-dealkylation sites (N-methyl/N-ethyl adjacent to an activating group) is 1. The molecule has 1 atom stereocenters. The summed E-state index contributed by atoms with van der Waals surface area (Å²) < 4.78 is 0. The Morgan fingerprint density at radius 3 is 2.53 bits per heavy atom. The lowest BCUT2D eigenvalue weighted by molar-refractivity contribution is 0.320. The number of H-pyrrole nitrogens is 1. The third kappa shape index (κ3) is 5.68. The Labute approximate surface area is 183 Å². The van der Waals surface area contributed by atoms with Crippen molar-refractivity contribution < 1.29 is 0 Å². The molecule has 3 rings (SSSR count). The molecule has 2 aromatic carbocycles. The zero-order valence-electron chi connectivity index (χ0n) is 18.1. The second-order valence-corrected chi connectivity index (χ2v) is 8.41. The number of nitrogens with one attached hydrogen (secondary N) is 2. The zero-order valence-corrected chi connectivity index (χ0v) is 18.9. The normalized spacial score (nSPS) is 12.2. The lowest BCUT2D eigenvalue weighted by atomic mass is 10.1. The first-order valence-corrected chi connectivity index (χ1v) is 10.6. The largest absolute Gasteiger partial charge is 0.356 e. The van der Waals surface area contributed by atoms with Gasteiger partial charge in [-0.3, -0.25) is 4.79 Å². The molecule has 0 spiro atoms. The topological polar surface area (TPSA) is 51.4 Å². The molecule has 1 aromatic heterocycles. The van der Waals surface area contributed by atoms with Crippen molar-refractivity contribution >= 4 is 28.2 Å². The first-order chi connectivity index (χ1) is 14.3. The number of aromatic nitrogens is 1. The summed E-state index contributed by atoms with van der Waals surface area (Å²) in [5.41, 5.74) is 3.80. The van der Waals surface area contributed by atoms with Crippen LogP contribution in [0.3, 0.4) is 0 Å². The minimum absolute atomic E-state index is 0.0677. The van der Waals surface area contributed by atoms with Crippen molar-refractivity contribution in [3.05, 3.63) is 81.6 Å². The summed E-state index contributed by atoms with van der Waals surface area (Å²) in [5, 5.41) is 5.11. The van der Waals surface area contributed by atoms with Crippen molar-refractivity contribution in [1.29, 1.82) is 0 Å². The molecule has 0 saturated heterocycles. The number of hydrogen-bond acceptors (Lipinski definition) is 3. The first kappa shape index (κ1) is 22.0. The third-order valence-corrected chi connectivity index (χ3v) is 5.56. The molecule has 6 heteroatoms. The number of hydrogen-bond donors (Lipinski definition) is 2. The summed E-state index contributed by atoms with van der Waals surface area (Å²) >= 11 is 5.74. The zero-order chi connectivity index (χ0) is 21.7. The number of aryl methyl sites for hydroxylation is 1. The van der Waals surface area contributed by atoms with Gasteiger partial charge in [-0.05, 0) is 68.8 Å². The highest BCUT2D eigenvalue weighted by Crippen LogP contribution is 2.15. The van der Waals surface area contributed by atoms with Gasteiger partial charge in [-0.25, -0.2) is 0 Å². The van der Waals surface area contributed by atoms with E-state index in [9.17, 15) is 4.79 Å². The monoisotopic (exact) mass is 422 g/mol. The van der Waals surface area contributed by atoms with Gasteiger partial charge in [0.1, 0.15) is 0 Å². The van der Waals surface area contributed by atoms with Crippen LogP contribution in [0.1, 0.15) is 29.7 Å². The molecule has 0 radical (unpaired) electrons. The van der Waals surface area contributed by atoms with Crippen LogP contribution in [0.5, 0.6) is 0 Å². The number of fused-ring (bicyclic) bond motifs is 1. The van der Waals surface area contributed by atoms with Gasteiger partial charge in [0.05, 0.1) is 12.6 Å². The van der Waals surface area contributed by atoms with Gasteiger partial charge in [0.2, 0.25) is 0 Å². The second-order valence-electron chi connectivity index (χ2n) is 8.02. The van der Waals surface area contributed by atoms with E-state index in [0.717, 1.165) is 29.6 Å². The standard InChI is InChI=1S/C24H30N4OS/c1-17-10-11-20-15-21(23(29)26-22(20)14-17)16-28(13-12-27(3)4)24(30)25-18(2)19-8-6-5-7-9-19/h5-11,14-15,18H,12-13,16H2,1-4H3,(H,25,30)(H,26,29)/t18-/m0/s1. The molecule has 0 aliphatic carbocycles. The molecule has 0 saturated carbocycles. The van der Waals surface area contributed by atoms with E-state index in [-0.39, 0.29) is 11.6 Å². The van der Waals surface area contributed by atoms with Gasteiger partial charge in [0, 0.05) is 24.2 Å². The van der Waals surface area contributed by atoms with Crippen molar-refractivity contribution in [3.63, 3.8) is 0 Å². The van der Waals surface area contributed by atoms with E-state index < -0.39 is 0 Å². The molecule has 3 aromatic rings. The van der Waals surface area contributed by atoms with E-state index in [1.165, 1.54) is 5.56 Å². The van der Waals surface area contributed by atoms with E-state index in [2.05, 4.69) is 45.2 Å². The van der Waals surface area contributed by atoms with Gasteiger partial charge in [-0.15, -0.1) is 0 Å². The Hall–Kier alpha value is -2.70. The number of rotatable bonds is 7. The lowest BCUT2D eigenvalue weighted by Gasteiger charge is -2.29. The number of nitrogens with zero attached hydrogens (tertiary/aromatic N) is 2. The van der Waals surface area contributed by atoms with Crippen LogP contribution < -0.4 is 10.9 Å². The molecule has 0 amide bonds. The maximum Gasteiger partial charge on any atom is 0.253 e. The summed E-state index contributed by atoms with van der Waals surface area (Å²) in [5.74, 6) is 0. The molecule has 0 unspecified atom stereocenters. The fraction of sp³-hybridized carbons (Fsp3) is 0.333. The molecule has 0 fully saturated rings. The van der Waals surface area contributed by atoms with Gasteiger partial charge in [0.25, 0.3) is 5.56 Å². The maximum absolute atomic E-state index is 12.7. The average Bonchev–Trinajstić information content (AvgIpc) is 2.71. The van der Waals surface area contributed by atoms with Crippen LogP contribution in [-0.2, 0) is 6.54 Å². The van der Waals surface area contributed by atoms with E-state index in [4.69, 9.17) is 12.2 Å². The second kappa shape index (κ2) is 9.87. The first-order valence-electron chi connectivity index (χ1n) is 10.2.